The molecule has 2 rings (SSSR count). The van der Waals surface area contributed by atoms with Crippen LogP contribution < -0.4 is 4.90 Å². The summed E-state index contributed by atoms with van der Waals surface area (Å²) in [5, 5.41) is 0.911. The van der Waals surface area contributed by atoms with Crippen molar-refractivity contribution >= 4 is 21.6 Å². The zero-order chi connectivity index (χ0) is 11.5. The van der Waals surface area contributed by atoms with Gasteiger partial charge in [-0.25, -0.2) is 0 Å². The van der Waals surface area contributed by atoms with Gasteiger partial charge < -0.3 is 9.64 Å². The van der Waals surface area contributed by atoms with Crippen LogP contribution in [0.5, 0.6) is 0 Å². The number of aryl methyl sites for hydroxylation is 1. The van der Waals surface area contributed by atoms with E-state index >= 15 is 0 Å². The molecule has 1 unspecified atom stereocenters. The van der Waals surface area contributed by atoms with Gasteiger partial charge in [0, 0.05) is 23.6 Å². The molecule has 1 saturated heterocycles. The largest absolute Gasteiger partial charge is 0.377 e. The van der Waals surface area contributed by atoms with Gasteiger partial charge in [0.05, 0.1) is 13.2 Å². The summed E-state index contributed by atoms with van der Waals surface area (Å²) in [4.78, 5) is 2.44. The maximum absolute atomic E-state index is 5.48. The van der Waals surface area contributed by atoms with Gasteiger partial charge in [-0.3, -0.25) is 0 Å². The van der Waals surface area contributed by atoms with E-state index in [9.17, 15) is 0 Å². The number of hydrogen-bond donors (Lipinski definition) is 0. The fourth-order valence-electron chi connectivity index (χ4n) is 2.19. The Balaban J connectivity index is 2.30. The Hall–Kier alpha value is -0.540. The molecule has 1 aliphatic rings. The third kappa shape index (κ3) is 2.41. The molecule has 0 saturated carbocycles. The molecule has 16 heavy (non-hydrogen) atoms. The molecule has 1 aliphatic heterocycles. The zero-order valence-corrected chi connectivity index (χ0v) is 11.5. The lowest BCUT2D eigenvalue weighted by Crippen LogP contribution is -2.44. The minimum Gasteiger partial charge on any atom is -0.377 e. The molecule has 1 aromatic rings. The summed E-state index contributed by atoms with van der Waals surface area (Å²) in [5.74, 6) is 0. The van der Waals surface area contributed by atoms with Crippen molar-refractivity contribution in [2.75, 3.05) is 24.7 Å². The van der Waals surface area contributed by atoms with Crippen LogP contribution in [-0.4, -0.2) is 25.8 Å². The molecule has 0 bridgehead atoms. The second-order valence-electron chi connectivity index (χ2n) is 4.38. The molecule has 1 heterocycles. The minimum atomic E-state index is 0.467. The Morgan fingerprint density at radius 1 is 1.50 bits per heavy atom. The fourth-order valence-corrected chi connectivity index (χ4v) is 2.64. The first-order chi connectivity index (χ1) is 7.72. The lowest BCUT2D eigenvalue weighted by Gasteiger charge is -2.36. The highest BCUT2D eigenvalue weighted by Crippen LogP contribution is 2.27. The van der Waals surface area contributed by atoms with E-state index in [2.05, 4.69) is 52.9 Å². The Morgan fingerprint density at radius 2 is 2.31 bits per heavy atom. The molecule has 0 spiro atoms. The summed E-state index contributed by atoms with van der Waals surface area (Å²) in [6, 6.07) is 7.14. The second kappa shape index (κ2) is 5.19. The Kier molecular flexibility index (Phi) is 3.87. The highest BCUT2D eigenvalue weighted by molar-refractivity contribution is 9.08. The summed E-state index contributed by atoms with van der Waals surface area (Å²) in [5.41, 5.74) is 4.03. The van der Waals surface area contributed by atoms with Gasteiger partial charge in [0.2, 0.25) is 0 Å². The fraction of sp³-hybridized carbons (Fsp3) is 0.538. The van der Waals surface area contributed by atoms with Crippen molar-refractivity contribution in [3.05, 3.63) is 29.3 Å². The Bertz CT molecular complexity index is 367. The highest BCUT2D eigenvalue weighted by Gasteiger charge is 2.20. The van der Waals surface area contributed by atoms with Crippen molar-refractivity contribution in [2.45, 2.75) is 25.2 Å². The van der Waals surface area contributed by atoms with Gasteiger partial charge in [0.1, 0.15) is 0 Å². The number of morpholine rings is 1. The van der Waals surface area contributed by atoms with Crippen molar-refractivity contribution in [1.29, 1.82) is 0 Å². The first kappa shape index (κ1) is 11.9. The number of ether oxygens (including phenoxy) is 1. The van der Waals surface area contributed by atoms with Crippen molar-refractivity contribution in [3.8, 4) is 0 Å². The van der Waals surface area contributed by atoms with E-state index in [4.69, 9.17) is 4.74 Å². The van der Waals surface area contributed by atoms with E-state index in [1.54, 1.807) is 0 Å². The van der Waals surface area contributed by atoms with E-state index in [-0.39, 0.29) is 0 Å². The van der Waals surface area contributed by atoms with Crippen molar-refractivity contribution in [1.82, 2.24) is 0 Å². The predicted octanol–water partition coefficient (Wildman–Crippen LogP) is 3.12. The normalized spacial score (nSPS) is 21.2. The predicted molar refractivity (Wildman–Crippen MR) is 71.4 cm³/mol. The first-order valence-corrected chi connectivity index (χ1v) is 6.84. The van der Waals surface area contributed by atoms with E-state index in [0.29, 0.717) is 6.04 Å². The van der Waals surface area contributed by atoms with Gasteiger partial charge in [-0.15, -0.1) is 0 Å². The van der Waals surface area contributed by atoms with Crippen LogP contribution in [-0.2, 0) is 10.1 Å². The van der Waals surface area contributed by atoms with E-state index in [1.165, 1.54) is 16.8 Å². The smallest absolute Gasteiger partial charge is 0.0668 e. The summed E-state index contributed by atoms with van der Waals surface area (Å²) >= 11 is 3.57. The standard InChI is InChI=1S/C13H18BrNO/c1-10-3-4-13(12(7-10)8-14)15-5-6-16-9-11(15)2/h3-4,7,11H,5-6,8-9H2,1-2H3. The summed E-state index contributed by atoms with van der Waals surface area (Å²) < 4.78 is 5.48. The van der Waals surface area contributed by atoms with Crippen LogP contribution >= 0.6 is 15.9 Å². The van der Waals surface area contributed by atoms with Crippen LogP contribution in [0.25, 0.3) is 0 Å². The molecule has 2 nitrogen and oxygen atoms in total. The average molecular weight is 284 g/mol. The zero-order valence-electron chi connectivity index (χ0n) is 9.87. The lowest BCUT2D eigenvalue weighted by molar-refractivity contribution is 0.0989. The van der Waals surface area contributed by atoms with Crippen LogP contribution in [0.1, 0.15) is 18.1 Å². The second-order valence-corrected chi connectivity index (χ2v) is 4.94. The molecule has 3 heteroatoms. The quantitative estimate of drug-likeness (QED) is 0.774. The third-order valence-electron chi connectivity index (χ3n) is 3.06. The van der Waals surface area contributed by atoms with E-state index in [0.717, 1.165) is 25.1 Å². The van der Waals surface area contributed by atoms with E-state index < -0.39 is 0 Å². The topological polar surface area (TPSA) is 12.5 Å². The van der Waals surface area contributed by atoms with Gasteiger partial charge >= 0.3 is 0 Å². The lowest BCUT2D eigenvalue weighted by atomic mass is 10.1. The highest BCUT2D eigenvalue weighted by atomic mass is 79.9. The molecular weight excluding hydrogens is 266 g/mol. The van der Waals surface area contributed by atoms with Gasteiger partial charge in [0.25, 0.3) is 0 Å². The Labute approximate surface area is 106 Å². The number of rotatable bonds is 2. The van der Waals surface area contributed by atoms with Gasteiger partial charge in [-0.1, -0.05) is 33.6 Å². The molecular formula is C13H18BrNO. The molecule has 1 atom stereocenters. The number of hydrogen-bond acceptors (Lipinski definition) is 2. The summed E-state index contributed by atoms with van der Waals surface area (Å²) in [6.07, 6.45) is 0. The number of halogens is 1. The van der Waals surface area contributed by atoms with Gasteiger partial charge in [-0.05, 0) is 25.5 Å². The van der Waals surface area contributed by atoms with Gasteiger partial charge in [-0.2, -0.15) is 0 Å². The Morgan fingerprint density at radius 3 is 3.00 bits per heavy atom. The maximum atomic E-state index is 5.48. The molecule has 1 aromatic carbocycles. The van der Waals surface area contributed by atoms with Crippen LogP contribution in [0.2, 0.25) is 0 Å². The molecule has 0 amide bonds. The molecule has 0 aliphatic carbocycles. The number of benzene rings is 1. The maximum Gasteiger partial charge on any atom is 0.0668 e. The number of alkyl halides is 1. The average Bonchev–Trinajstić information content (AvgIpc) is 2.30. The molecule has 0 aromatic heterocycles. The van der Waals surface area contributed by atoms with E-state index in [1.807, 2.05) is 0 Å². The minimum absolute atomic E-state index is 0.467. The summed E-state index contributed by atoms with van der Waals surface area (Å²) in [7, 11) is 0. The SMILES string of the molecule is Cc1ccc(N2CCOCC2C)c(CBr)c1. The number of anilines is 1. The van der Waals surface area contributed by atoms with Crippen molar-refractivity contribution in [2.24, 2.45) is 0 Å². The van der Waals surface area contributed by atoms with Crippen LogP contribution in [0.15, 0.2) is 18.2 Å². The van der Waals surface area contributed by atoms with Crippen molar-refractivity contribution < 1.29 is 4.74 Å². The molecule has 0 N–H and O–H groups in total. The molecule has 0 radical (unpaired) electrons. The van der Waals surface area contributed by atoms with Crippen LogP contribution in [0, 0.1) is 6.92 Å². The summed E-state index contributed by atoms with van der Waals surface area (Å²) in [6.45, 7) is 7.01. The monoisotopic (exact) mass is 283 g/mol. The number of nitrogens with zero attached hydrogens (tertiary/aromatic N) is 1. The molecule has 88 valence electrons. The van der Waals surface area contributed by atoms with Crippen LogP contribution in [0.4, 0.5) is 5.69 Å². The first-order valence-electron chi connectivity index (χ1n) is 5.72. The third-order valence-corrected chi connectivity index (χ3v) is 3.66. The molecule has 1 fully saturated rings. The van der Waals surface area contributed by atoms with Crippen LogP contribution in [0.3, 0.4) is 0 Å². The van der Waals surface area contributed by atoms with Crippen molar-refractivity contribution in [3.63, 3.8) is 0 Å². The van der Waals surface area contributed by atoms with Gasteiger partial charge in [0.15, 0.2) is 0 Å².